The second kappa shape index (κ2) is 9.50. The average molecular weight is 394 g/mol. The molecule has 1 amide bonds. The van der Waals surface area contributed by atoms with Crippen molar-refractivity contribution in [3.8, 4) is 5.75 Å². The SMILES string of the molecule is CCOc1ccc(NC(=O)C(C)OC(=O)c2cn(Cc3ccccc3)nn2)cc1. The van der Waals surface area contributed by atoms with Crippen molar-refractivity contribution in [2.45, 2.75) is 26.5 Å². The zero-order chi connectivity index (χ0) is 20.6. The minimum absolute atomic E-state index is 0.0432. The maximum Gasteiger partial charge on any atom is 0.361 e. The summed E-state index contributed by atoms with van der Waals surface area (Å²) < 4.78 is 12.1. The molecule has 3 rings (SSSR count). The van der Waals surface area contributed by atoms with Gasteiger partial charge in [0.05, 0.1) is 19.3 Å². The molecule has 29 heavy (non-hydrogen) atoms. The molecule has 8 heteroatoms. The highest BCUT2D eigenvalue weighted by Crippen LogP contribution is 2.16. The first-order chi connectivity index (χ1) is 14.0. The number of anilines is 1. The lowest BCUT2D eigenvalue weighted by Gasteiger charge is -2.13. The van der Waals surface area contributed by atoms with Crippen molar-refractivity contribution in [3.63, 3.8) is 0 Å². The van der Waals surface area contributed by atoms with E-state index in [0.717, 1.165) is 5.56 Å². The highest BCUT2D eigenvalue weighted by Gasteiger charge is 2.21. The summed E-state index contributed by atoms with van der Waals surface area (Å²) in [5.41, 5.74) is 1.65. The predicted octanol–water partition coefficient (Wildman–Crippen LogP) is 2.91. The van der Waals surface area contributed by atoms with Crippen LogP contribution >= 0.6 is 0 Å². The number of esters is 1. The molecule has 0 aliphatic heterocycles. The number of hydrogen-bond acceptors (Lipinski definition) is 6. The maximum absolute atomic E-state index is 12.3. The van der Waals surface area contributed by atoms with Crippen molar-refractivity contribution in [1.82, 2.24) is 15.0 Å². The first-order valence-electron chi connectivity index (χ1n) is 9.24. The third-order valence-corrected chi connectivity index (χ3v) is 4.02. The molecule has 0 bridgehead atoms. The Kier molecular flexibility index (Phi) is 6.57. The van der Waals surface area contributed by atoms with Gasteiger partial charge in [-0.3, -0.25) is 4.79 Å². The molecule has 8 nitrogen and oxygen atoms in total. The van der Waals surface area contributed by atoms with Crippen LogP contribution in [0.4, 0.5) is 5.69 Å². The van der Waals surface area contributed by atoms with Crippen molar-refractivity contribution in [2.24, 2.45) is 0 Å². The Morgan fingerprint density at radius 3 is 2.52 bits per heavy atom. The van der Waals surface area contributed by atoms with Crippen LogP contribution in [0, 0.1) is 0 Å². The molecule has 0 radical (unpaired) electrons. The number of amides is 1. The summed E-state index contributed by atoms with van der Waals surface area (Å²) in [5, 5.41) is 10.5. The number of nitrogens with zero attached hydrogens (tertiary/aromatic N) is 3. The van der Waals surface area contributed by atoms with Crippen LogP contribution in [0.3, 0.4) is 0 Å². The highest BCUT2D eigenvalue weighted by molar-refractivity contribution is 5.96. The van der Waals surface area contributed by atoms with Gasteiger partial charge < -0.3 is 14.8 Å². The minimum Gasteiger partial charge on any atom is -0.494 e. The molecule has 2 aromatic carbocycles. The van der Waals surface area contributed by atoms with Crippen LogP contribution in [0.5, 0.6) is 5.75 Å². The van der Waals surface area contributed by atoms with Crippen LogP contribution in [0.25, 0.3) is 0 Å². The van der Waals surface area contributed by atoms with E-state index in [0.29, 0.717) is 24.6 Å². The van der Waals surface area contributed by atoms with E-state index >= 15 is 0 Å². The molecule has 1 aromatic heterocycles. The molecule has 0 fully saturated rings. The molecule has 0 saturated carbocycles. The molecule has 0 spiro atoms. The fourth-order valence-corrected chi connectivity index (χ4v) is 2.56. The number of rotatable bonds is 8. The Morgan fingerprint density at radius 2 is 1.83 bits per heavy atom. The van der Waals surface area contributed by atoms with E-state index in [1.807, 2.05) is 37.3 Å². The zero-order valence-electron chi connectivity index (χ0n) is 16.2. The van der Waals surface area contributed by atoms with Gasteiger partial charge in [0.1, 0.15) is 5.75 Å². The van der Waals surface area contributed by atoms with Crippen LogP contribution in [0.15, 0.2) is 60.8 Å². The first-order valence-corrected chi connectivity index (χ1v) is 9.24. The van der Waals surface area contributed by atoms with Gasteiger partial charge in [-0.2, -0.15) is 0 Å². The fraction of sp³-hybridized carbons (Fsp3) is 0.238. The van der Waals surface area contributed by atoms with Gasteiger partial charge in [-0.25, -0.2) is 9.48 Å². The Bertz CT molecular complexity index is 954. The number of hydrogen-bond donors (Lipinski definition) is 1. The number of carbonyl (C=O) groups is 2. The van der Waals surface area contributed by atoms with E-state index in [9.17, 15) is 9.59 Å². The summed E-state index contributed by atoms with van der Waals surface area (Å²) in [6.45, 7) is 4.44. The molecule has 1 N–H and O–H groups in total. The van der Waals surface area contributed by atoms with E-state index in [2.05, 4.69) is 15.6 Å². The lowest BCUT2D eigenvalue weighted by atomic mass is 10.2. The van der Waals surface area contributed by atoms with Crippen LogP contribution in [-0.4, -0.2) is 39.6 Å². The maximum atomic E-state index is 12.3. The summed E-state index contributed by atoms with van der Waals surface area (Å²) in [5.74, 6) is -0.443. The standard InChI is InChI=1S/C21H22N4O4/c1-3-28-18-11-9-17(10-12-18)22-20(26)15(2)29-21(27)19-14-25(24-23-19)13-16-7-5-4-6-8-16/h4-12,14-15H,3,13H2,1-2H3,(H,22,26). The molecule has 1 unspecified atom stereocenters. The zero-order valence-corrected chi connectivity index (χ0v) is 16.2. The topological polar surface area (TPSA) is 95.3 Å². The summed E-state index contributed by atoms with van der Waals surface area (Å²) in [7, 11) is 0. The number of aromatic nitrogens is 3. The third kappa shape index (κ3) is 5.65. The molecule has 1 heterocycles. The molecular weight excluding hydrogens is 372 g/mol. The van der Waals surface area contributed by atoms with Crippen LogP contribution in [-0.2, 0) is 16.1 Å². The fourth-order valence-electron chi connectivity index (χ4n) is 2.56. The van der Waals surface area contributed by atoms with Crippen molar-refractivity contribution < 1.29 is 19.1 Å². The van der Waals surface area contributed by atoms with Crippen molar-refractivity contribution >= 4 is 17.6 Å². The van der Waals surface area contributed by atoms with Gasteiger partial charge in [0.2, 0.25) is 0 Å². The number of nitrogens with one attached hydrogen (secondary N) is 1. The van der Waals surface area contributed by atoms with E-state index in [1.54, 1.807) is 24.3 Å². The summed E-state index contributed by atoms with van der Waals surface area (Å²) >= 11 is 0. The molecule has 150 valence electrons. The van der Waals surface area contributed by atoms with Gasteiger partial charge >= 0.3 is 5.97 Å². The molecule has 0 saturated heterocycles. The van der Waals surface area contributed by atoms with Crippen molar-refractivity contribution in [3.05, 3.63) is 72.1 Å². The molecule has 0 aliphatic carbocycles. The largest absolute Gasteiger partial charge is 0.494 e. The number of benzene rings is 2. The summed E-state index contributed by atoms with van der Waals surface area (Å²) in [6, 6.07) is 16.6. The normalized spacial score (nSPS) is 11.5. The second-order valence-electron chi connectivity index (χ2n) is 6.28. The lowest BCUT2D eigenvalue weighted by molar-refractivity contribution is -0.123. The third-order valence-electron chi connectivity index (χ3n) is 4.02. The van der Waals surface area contributed by atoms with E-state index in [-0.39, 0.29) is 5.69 Å². The quantitative estimate of drug-likeness (QED) is 0.590. The Morgan fingerprint density at radius 1 is 1.10 bits per heavy atom. The van der Waals surface area contributed by atoms with E-state index in [1.165, 1.54) is 17.8 Å². The highest BCUT2D eigenvalue weighted by atomic mass is 16.5. The summed E-state index contributed by atoms with van der Waals surface area (Å²) in [4.78, 5) is 24.5. The average Bonchev–Trinajstić information content (AvgIpc) is 3.19. The Balaban J connectivity index is 1.53. The first kappa shape index (κ1) is 20.1. The molecule has 0 aliphatic rings. The Hall–Kier alpha value is -3.68. The predicted molar refractivity (Wildman–Crippen MR) is 107 cm³/mol. The van der Waals surface area contributed by atoms with Crippen LogP contribution < -0.4 is 10.1 Å². The van der Waals surface area contributed by atoms with Gasteiger partial charge in [-0.1, -0.05) is 35.5 Å². The van der Waals surface area contributed by atoms with Gasteiger partial charge in [-0.05, 0) is 43.7 Å². The minimum atomic E-state index is -0.992. The van der Waals surface area contributed by atoms with Gasteiger partial charge in [0.25, 0.3) is 5.91 Å². The van der Waals surface area contributed by atoms with Gasteiger partial charge in [-0.15, -0.1) is 5.10 Å². The van der Waals surface area contributed by atoms with Crippen molar-refractivity contribution in [1.29, 1.82) is 0 Å². The van der Waals surface area contributed by atoms with Gasteiger partial charge in [0, 0.05) is 5.69 Å². The van der Waals surface area contributed by atoms with E-state index in [4.69, 9.17) is 9.47 Å². The second-order valence-corrected chi connectivity index (χ2v) is 6.28. The molecule has 3 aromatic rings. The van der Waals surface area contributed by atoms with Crippen LogP contribution in [0.1, 0.15) is 29.9 Å². The summed E-state index contributed by atoms with van der Waals surface area (Å²) in [6.07, 6.45) is 0.500. The lowest BCUT2D eigenvalue weighted by Crippen LogP contribution is -2.30. The molecular formula is C21H22N4O4. The number of ether oxygens (including phenoxy) is 2. The van der Waals surface area contributed by atoms with E-state index < -0.39 is 18.0 Å². The number of carbonyl (C=O) groups excluding carboxylic acids is 2. The van der Waals surface area contributed by atoms with Gasteiger partial charge in [0.15, 0.2) is 11.8 Å². The molecule has 1 atom stereocenters. The van der Waals surface area contributed by atoms with Crippen LogP contribution in [0.2, 0.25) is 0 Å². The monoisotopic (exact) mass is 394 g/mol. The Labute approximate surface area is 168 Å². The van der Waals surface area contributed by atoms with Crippen molar-refractivity contribution in [2.75, 3.05) is 11.9 Å². The smallest absolute Gasteiger partial charge is 0.361 e.